The van der Waals surface area contributed by atoms with Crippen molar-refractivity contribution in [1.82, 2.24) is 0 Å². The first-order valence-corrected chi connectivity index (χ1v) is 6.86. The molecule has 0 fully saturated rings. The molecule has 90 valence electrons. The van der Waals surface area contributed by atoms with E-state index in [1.165, 1.54) is 0 Å². The lowest BCUT2D eigenvalue weighted by atomic mass is 10.2. The Bertz CT molecular complexity index is 341. The topological polar surface area (TPSA) is 55.3 Å². The van der Waals surface area contributed by atoms with Gasteiger partial charge in [-0.25, -0.2) is 0 Å². The van der Waals surface area contributed by atoms with E-state index in [-0.39, 0.29) is 0 Å². The Hall–Kier alpha value is -1.03. The van der Waals surface area contributed by atoms with Gasteiger partial charge in [0.25, 0.3) is 0 Å². The van der Waals surface area contributed by atoms with Crippen LogP contribution in [0.2, 0.25) is 0 Å². The highest BCUT2D eigenvalue weighted by Gasteiger charge is 2.13. The highest BCUT2D eigenvalue weighted by Crippen LogP contribution is 2.24. The van der Waals surface area contributed by atoms with Crippen LogP contribution in [-0.4, -0.2) is 25.1 Å². The summed E-state index contributed by atoms with van der Waals surface area (Å²) in [6.45, 7) is 2.21. The maximum absolute atomic E-state index is 5.82. The zero-order valence-corrected chi connectivity index (χ0v) is 11.1. The number of nitrogen functional groups attached to an aromatic ring is 2. The Morgan fingerprint density at radius 2 is 2.00 bits per heavy atom. The van der Waals surface area contributed by atoms with Crippen molar-refractivity contribution < 1.29 is 0 Å². The number of benzene rings is 1. The Balaban J connectivity index is 2.85. The molecule has 4 N–H and O–H groups in total. The molecule has 1 aromatic rings. The molecule has 0 radical (unpaired) electrons. The van der Waals surface area contributed by atoms with Crippen LogP contribution in [0.5, 0.6) is 0 Å². The summed E-state index contributed by atoms with van der Waals surface area (Å²) < 4.78 is 0. The van der Waals surface area contributed by atoms with Crippen molar-refractivity contribution in [3.8, 4) is 0 Å². The zero-order valence-electron chi connectivity index (χ0n) is 10.2. The fourth-order valence-corrected chi connectivity index (χ4v) is 2.53. The van der Waals surface area contributed by atoms with Gasteiger partial charge in [-0.3, -0.25) is 0 Å². The Morgan fingerprint density at radius 3 is 2.50 bits per heavy atom. The SMILES string of the molecule is CCC(CSC)N(C)c1ccc(N)c(N)c1. The van der Waals surface area contributed by atoms with Crippen LogP contribution in [0.25, 0.3) is 0 Å². The van der Waals surface area contributed by atoms with Gasteiger partial charge in [-0.05, 0) is 30.9 Å². The van der Waals surface area contributed by atoms with Crippen molar-refractivity contribution in [2.24, 2.45) is 0 Å². The Labute approximate surface area is 102 Å². The molecule has 1 unspecified atom stereocenters. The van der Waals surface area contributed by atoms with E-state index < -0.39 is 0 Å². The first-order valence-electron chi connectivity index (χ1n) is 5.46. The van der Waals surface area contributed by atoms with Crippen molar-refractivity contribution in [2.75, 3.05) is 35.4 Å². The average Bonchev–Trinajstić information content (AvgIpc) is 2.28. The first-order chi connectivity index (χ1) is 7.60. The van der Waals surface area contributed by atoms with E-state index in [9.17, 15) is 0 Å². The standard InChI is InChI=1S/C12H21N3S/c1-4-9(8-16-3)15(2)10-5-6-11(13)12(14)7-10/h5-7,9H,4,8,13-14H2,1-3H3. The summed E-state index contributed by atoms with van der Waals surface area (Å²) in [4.78, 5) is 2.27. The van der Waals surface area contributed by atoms with Crippen molar-refractivity contribution in [2.45, 2.75) is 19.4 Å². The fraction of sp³-hybridized carbons (Fsp3) is 0.500. The summed E-state index contributed by atoms with van der Waals surface area (Å²) in [6.07, 6.45) is 3.26. The molecule has 4 heteroatoms. The van der Waals surface area contributed by atoms with Gasteiger partial charge in [0, 0.05) is 24.5 Å². The van der Waals surface area contributed by atoms with Gasteiger partial charge in [0.1, 0.15) is 0 Å². The molecule has 1 atom stereocenters. The lowest BCUT2D eigenvalue weighted by Crippen LogP contribution is -2.33. The Morgan fingerprint density at radius 1 is 1.31 bits per heavy atom. The van der Waals surface area contributed by atoms with E-state index in [4.69, 9.17) is 11.5 Å². The normalized spacial score (nSPS) is 12.4. The molecule has 0 spiro atoms. The Kier molecular flexibility index (Phi) is 4.80. The second kappa shape index (κ2) is 5.89. The maximum Gasteiger partial charge on any atom is 0.0568 e. The maximum atomic E-state index is 5.82. The molecule has 0 heterocycles. The van der Waals surface area contributed by atoms with Crippen LogP contribution in [0, 0.1) is 0 Å². The molecule has 16 heavy (non-hydrogen) atoms. The number of hydrogen-bond acceptors (Lipinski definition) is 4. The number of thioether (sulfide) groups is 1. The number of nitrogens with zero attached hydrogens (tertiary/aromatic N) is 1. The van der Waals surface area contributed by atoms with Crippen molar-refractivity contribution in [3.63, 3.8) is 0 Å². The highest BCUT2D eigenvalue weighted by atomic mass is 32.2. The number of rotatable bonds is 5. The number of hydrogen-bond donors (Lipinski definition) is 2. The molecule has 1 aromatic carbocycles. The summed E-state index contributed by atoms with van der Waals surface area (Å²) in [5, 5.41) is 0. The van der Waals surface area contributed by atoms with E-state index in [0.29, 0.717) is 17.4 Å². The molecule has 1 rings (SSSR count). The molecule has 0 saturated carbocycles. The molecule has 0 saturated heterocycles. The van der Waals surface area contributed by atoms with Crippen LogP contribution in [0.3, 0.4) is 0 Å². The smallest absolute Gasteiger partial charge is 0.0568 e. The van der Waals surface area contributed by atoms with Crippen molar-refractivity contribution in [1.29, 1.82) is 0 Å². The van der Waals surface area contributed by atoms with Crippen LogP contribution in [0.15, 0.2) is 18.2 Å². The van der Waals surface area contributed by atoms with Crippen LogP contribution >= 0.6 is 11.8 Å². The largest absolute Gasteiger partial charge is 0.397 e. The van der Waals surface area contributed by atoms with Crippen molar-refractivity contribution >= 4 is 28.8 Å². The molecular formula is C12H21N3S. The number of anilines is 3. The van der Waals surface area contributed by atoms with Crippen LogP contribution in [0.1, 0.15) is 13.3 Å². The van der Waals surface area contributed by atoms with Crippen LogP contribution in [-0.2, 0) is 0 Å². The minimum absolute atomic E-state index is 0.540. The molecule has 0 bridgehead atoms. The zero-order chi connectivity index (χ0) is 12.1. The van der Waals surface area contributed by atoms with Crippen molar-refractivity contribution in [3.05, 3.63) is 18.2 Å². The molecular weight excluding hydrogens is 218 g/mol. The second-order valence-corrected chi connectivity index (χ2v) is 4.85. The summed E-state index contributed by atoms with van der Waals surface area (Å²) in [6, 6.07) is 6.37. The monoisotopic (exact) mass is 239 g/mol. The second-order valence-electron chi connectivity index (χ2n) is 3.94. The van der Waals surface area contributed by atoms with E-state index in [2.05, 4.69) is 25.1 Å². The van der Waals surface area contributed by atoms with Gasteiger partial charge in [-0.1, -0.05) is 6.92 Å². The van der Waals surface area contributed by atoms with Gasteiger partial charge in [0.15, 0.2) is 0 Å². The van der Waals surface area contributed by atoms with E-state index in [1.807, 2.05) is 30.0 Å². The third-order valence-electron chi connectivity index (χ3n) is 2.86. The predicted molar refractivity (Wildman–Crippen MR) is 76.1 cm³/mol. The lowest BCUT2D eigenvalue weighted by molar-refractivity contribution is 0.673. The summed E-state index contributed by atoms with van der Waals surface area (Å²) in [5.41, 5.74) is 14.0. The van der Waals surface area contributed by atoms with Gasteiger partial charge < -0.3 is 16.4 Å². The van der Waals surface area contributed by atoms with Gasteiger partial charge in [0.2, 0.25) is 0 Å². The van der Waals surface area contributed by atoms with Gasteiger partial charge in [-0.2, -0.15) is 11.8 Å². The highest BCUT2D eigenvalue weighted by molar-refractivity contribution is 7.98. The van der Waals surface area contributed by atoms with Crippen LogP contribution < -0.4 is 16.4 Å². The van der Waals surface area contributed by atoms with Gasteiger partial charge in [0.05, 0.1) is 11.4 Å². The average molecular weight is 239 g/mol. The third kappa shape index (κ3) is 2.98. The summed E-state index contributed by atoms with van der Waals surface area (Å²) in [5.74, 6) is 1.12. The third-order valence-corrected chi connectivity index (χ3v) is 3.57. The molecule has 3 nitrogen and oxygen atoms in total. The van der Waals surface area contributed by atoms with E-state index >= 15 is 0 Å². The molecule has 0 aliphatic carbocycles. The molecule has 0 amide bonds. The lowest BCUT2D eigenvalue weighted by Gasteiger charge is -2.29. The summed E-state index contributed by atoms with van der Waals surface area (Å²) in [7, 11) is 2.11. The molecule has 0 aliphatic heterocycles. The van der Waals surface area contributed by atoms with Gasteiger partial charge in [-0.15, -0.1) is 0 Å². The van der Waals surface area contributed by atoms with Crippen LogP contribution in [0.4, 0.5) is 17.1 Å². The fourth-order valence-electron chi connectivity index (χ4n) is 1.69. The predicted octanol–water partition coefficient (Wildman–Crippen LogP) is 2.43. The minimum atomic E-state index is 0.540. The first kappa shape index (κ1) is 13.0. The number of nitrogens with two attached hydrogens (primary N) is 2. The van der Waals surface area contributed by atoms with Gasteiger partial charge >= 0.3 is 0 Å². The van der Waals surface area contributed by atoms with E-state index in [0.717, 1.165) is 17.9 Å². The minimum Gasteiger partial charge on any atom is -0.397 e. The molecule has 0 aliphatic rings. The summed E-state index contributed by atoms with van der Waals surface area (Å²) >= 11 is 1.87. The molecule has 0 aromatic heterocycles. The van der Waals surface area contributed by atoms with E-state index in [1.54, 1.807) is 0 Å². The quantitative estimate of drug-likeness (QED) is 0.775.